The number of aromatic nitrogens is 1. The van der Waals surface area contributed by atoms with Gasteiger partial charge in [-0.15, -0.1) is 0 Å². The summed E-state index contributed by atoms with van der Waals surface area (Å²) in [5.41, 5.74) is 2.95. The van der Waals surface area contributed by atoms with Crippen molar-refractivity contribution in [2.45, 2.75) is 6.42 Å². The molecule has 9 heteroatoms. The van der Waals surface area contributed by atoms with Gasteiger partial charge in [0.15, 0.2) is 0 Å². The zero-order valence-electron chi connectivity index (χ0n) is 18.0. The number of hydrogen-bond acceptors (Lipinski definition) is 4. The first-order valence-corrected chi connectivity index (χ1v) is 12.6. The van der Waals surface area contributed by atoms with Gasteiger partial charge >= 0.3 is 10.2 Å². The molecule has 172 valence electrons. The van der Waals surface area contributed by atoms with E-state index in [9.17, 15) is 13.2 Å². The van der Waals surface area contributed by atoms with Crippen LogP contribution in [0, 0.1) is 0 Å². The summed E-state index contributed by atoms with van der Waals surface area (Å²) >= 11 is 6.49. The predicted molar refractivity (Wildman–Crippen MR) is 135 cm³/mol. The maximum absolute atomic E-state index is 12.9. The molecule has 0 atom stereocenters. The third kappa shape index (κ3) is 4.35. The van der Waals surface area contributed by atoms with E-state index in [4.69, 9.17) is 11.6 Å². The van der Waals surface area contributed by atoms with Gasteiger partial charge in [0, 0.05) is 41.5 Å². The summed E-state index contributed by atoms with van der Waals surface area (Å²) < 4.78 is 28.3. The van der Waals surface area contributed by atoms with E-state index in [2.05, 4.69) is 15.0 Å². The third-order valence-electron chi connectivity index (χ3n) is 5.68. The minimum absolute atomic E-state index is 0.315. The molecule has 3 aromatic carbocycles. The van der Waals surface area contributed by atoms with Crippen molar-refractivity contribution in [1.82, 2.24) is 9.71 Å². The fraction of sp³-hybridized carbons (Fsp3) is 0.120. The molecule has 0 spiro atoms. The highest BCUT2D eigenvalue weighted by atomic mass is 35.5. The number of nitrogens with zero attached hydrogens (tertiary/aromatic N) is 2. The number of benzene rings is 3. The lowest BCUT2D eigenvalue weighted by atomic mass is 10.0. The monoisotopic (exact) mass is 492 g/mol. The molecular weight excluding hydrogens is 472 g/mol. The van der Waals surface area contributed by atoms with Crippen LogP contribution in [0.25, 0.3) is 22.0 Å². The molecule has 1 amide bonds. The van der Waals surface area contributed by atoms with Crippen LogP contribution < -0.4 is 14.3 Å². The number of carbonyl (C=O) groups is 1. The number of hydrogen-bond donors (Lipinski definition) is 2. The number of nitrogens with one attached hydrogen (secondary N) is 2. The van der Waals surface area contributed by atoms with Gasteiger partial charge < -0.3 is 5.32 Å². The van der Waals surface area contributed by atoms with Crippen molar-refractivity contribution in [3.8, 4) is 11.3 Å². The zero-order valence-corrected chi connectivity index (χ0v) is 19.6. The summed E-state index contributed by atoms with van der Waals surface area (Å²) in [5.74, 6) is -0.315. The molecule has 7 nitrogen and oxygen atoms in total. The molecule has 1 aliphatic rings. The van der Waals surface area contributed by atoms with Gasteiger partial charge in [-0.2, -0.15) is 13.1 Å². The first-order chi connectivity index (χ1) is 16.4. The van der Waals surface area contributed by atoms with E-state index in [0.29, 0.717) is 41.5 Å². The van der Waals surface area contributed by atoms with Crippen molar-refractivity contribution < 1.29 is 13.2 Å². The van der Waals surface area contributed by atoms with Crippen molar-refractivity contribution in [3.63, 3.8) is 0 Å². The molecule has 1 fully saturated rings. The van der Waals surface area contributed by atoms with Gasteiger partial charge in [0.1, 0.15) is 0 Å². The van der Waals surface area contributed by atoms with Crippen LogP contribution in [0.1, 0.15) is 16.8 Å². The zero-order chi connectivity index (χ0) is 23.7. The van der Waals surface area contributed by atoms with Gasteiger partial charge in [-0.05, 0) is 60.3 Å². The van der Waals surface area contributed by atoms with Gasteiger partial charge in [-0.1, -0.05) is 35.9 Å². The number of carbonyl (C=O) groups excluding carboxylic acids is 1. The van der Waals surface area contributed by atoms with Crippen molar-refractivity contribution in [1.29, 1.82) is 0 Å². The average Bonchev–Trinajstić information content (AvgIpc) is 2.85. The third-order valence-corrected chi connectivity index (χ3v) is 7.56. The Morgan fingerprint density at radius 3 is 2.62 bits per heavy atom. The van der Waals surface area contributed by atoms with E-state index in [1.54, 1.807) is 48.7 Å². The second kappa shape index (κ2) is 9.06. The lowest BCUT2D eigenvalue weighted by Gasteiger charge is -2.28. The molecule has 4 aromatic rings. The van der Waals surface area contributed by atoms with E-state index in [0.717, 1.165) is 22.0 Å². The molecule has 2 heterocycles. The van der Waals surface area contributed by atoms with Gasteiger partial charge in [0.25, 0.3) is 5.91 Å². The molecule has 0 bridgehead atoms. The fourth-order valence-electron chi connectivity index (χ4n) is 3.99. The maximum Gasteiger partial charge on any atom is 0.301 e. The second-order valence-electron chi connectivity index (χ2n) is 7.90. The van der Waals surface area contributed by atoms with E-state index >= 15 is 0 Å². The van der Waals surface area contributed by atoms with Crippen LogP contribution in [0.4, 0.5) is 11.4 Å². The van der Waals surface area contributed by atoms with Crippen LogP contribution in [0.5, 0.6) is 0 Å². The number of rotatable bonds is 4. The molecule has 1 aromatic heterocycles. The first kappa shape index (κ1) is 22.3. The Morgan fingerprint density at radius 1 is 1.03 bits per heavy atom. The Bertz CT molecular complexity index is 1480. The summed E-state index contributed by atoms with van der Waals surface area (Å²) in [6.45, 7) is 0.827. The Balaban J connectivity index is 1.39. The highest BCUT2D eigenvalue weighted by molar-refractivity contribution is 7.90. The SMILES string of the molecule is O=C(Nc1ccc(Cl)c(-c2nccc3ccccc23)c1)c1ccc(N2CCCNS2(=O)=O)cc1. The molecule has 0 radical (unpaired) electrons. The molecule has 1 saturated heterocycles. The summed E-state index contributed by atoms with van der Waals surface area (Å²) in [7, 11) is -3.54. The maximum atomic E-state index is 12.9. The molecule has 1 aliphatic heterocycles. The number of fused-ring (bicyclic) bond motifs is 1. The number of anilines is 2. The van der Waals surface area contributed by atoms with Crippen LogP contribution in [0.3, 0.4) is 0 Å². The Hall–Kier alpha value is -3.46. The van der Waals surface area contributed by atoms with Crippen LogP contribution in [-0.2, 0) is 10.2 Å². The Kier molecular flexibility index (Phi) is 5.95. The molecule has 0 saturated carbocycles. The van der Waals surface area contributed by atoms with Crippen molar-refractivity contribution in [3.05, 3.63) is 89.6 Å². The van der Waals surface area contributed by atoms with Gasteiger partial charge in [0.2, 0.25) is 0 Å². The molecular formula is C25H21ClN4O3S. The van der Waals surface area contributed by atoms with Crippen LogP contribution in [-0.4, -0.2) is 32.4 Å². The average molecular weight is 493 g/mol. The van der Waals surface area contributed by atoms with Gasteiger partial charge in [-0.25, -0.2) is 0 Å². The van der Waals surface area contributed by atoms with Crippen LogP contribution >= 0.6 is 11.6 Å². The van der Waals surface area contributed by atoms with Crippen LogP contribution in [0.2, 0.25) is 5.02 Å². The van der Waals surface area contributed by atoms with Crippen molar-refractivity contribution >= 4 is 49.9 Å². The van der Waals surface area contributed by atoms with E-state index in [1.807, 2.05) is 30.3 Å². The lowest BCUT2D eigenvalue weighted by Crippen LogP contribution is -2.47. The summed E-state index contributed by atoms with van der Waals surface area (Å²) in [6, 6.07) is 21.6. The molecule has 0 unspecified atom stereocenters. The van der Waals surface area contributed by atoms with Crippen molar-refractivity contribution in [2.75, 3.05) is 22.7 Å². The quantitative estimate of drug-likeness (QED) is 0.426. The second-order valence-corrected chi connectivity index (χ2v) is 9.99. The molecule has 2 N–H and O–H groups in total. The molecule has 0 aliphatic carbocycles. The minimum Gasteiger partial charge on any atom is -0.322 e. The van der Waals surface area contributed by atoms with Gasteiger partial charge in [0.05, 0.1) is 16.4 Å². The van der Waals surface area contributed by atoms with Gasteiger partial charge in [-0.3, -0.25) is 14.1 Å². The standard InChI is InChI=1S/C25H21ClN4O3S/c26-23-11-8-19(16-22(23)24-21-5-2-1-4-17(21)12-14-27-24)29-25(31)18-6-9-20(10-7-18)30-15-3-13-28-34(30,32)33/h1-2,4-12,14,16,28H,3,13,15H2,(H,29,31). The van der Waals surface area contributed by atoms with E-state index in [-0.39, 0.29) is 5.91 Å². The summed E-state index contributed by atoms with van der Waals surface area (Å²) in [5, 5.41) is 5.43. The topological polar surface area (TPSA) is 91.4 Å². The Morgan fingerprint density at radius 2 is 1.82 bits per heavy atom. The lowest BCUT2D eigenvalue weighted by molar-refractivity contribution is 0.102. The fourth-order valence-corrected chi connectivity index (χ4v) is 5.52. The van der Waals surface area contributed by atoms with E-state index < -0.39 is 10.2 Å². The largest absolute Gasteiger partial charge is 0.322 e. The van der Waals surface area contributed by atoms with Crippen molar-refractivity contribution in [2.24, 2.45) is 0 Å². The first-order valence-electron chi connectivity index (χ1n) is 10.7. The van der Waals surface area contributed by atoms with E-state index in [1.165, 1.54) is 4.31 Å². The highest BCUT2D eigenvalue weighted by Gasteiger charge is 2.25. The Labute approximate surface area is 202 Å². The molecule has 34 heavy (non-hydrogen) atoms. The summed E-state index contributed by atoms with van der Waals surface area (Å²) in [4.78, 5) is 17.4. The van der Waals surface area contributed by atoms with Crippen LogP contribution in [0.15, 0.2) is 79.0 Å². The smallest absolute Gasteiger partial charge is 0.301 e. The number of pyridine rings is 1. The molecule has 5 rings (SSSR count). The number of halogens is 1. The minimum atomic E-state index is -3.54. The predicted octanol–water partition coefficient (Wildman–Crippen LogP) is 4.85. The number of amides is 1. The summed E-state index contributed by atoms with van der Waals surface area (Å²) in [6.07, 6.45) is 2.45. The normalized spacial score (nSPS) is 15.3. The highest BCUT2D eigenvalue weighted by Crippen LogP contribution is 2.34.